The molecule has 4 nitrogen and oxygen atoms in total. The molecule has 0 fully saturated rings. The van der Waals surface area contributed by atoms with Gasteiger partial charge in [0.1, 0.15) is 5.76 Å². The number of carbonyl (C=O) groups excluding carboxylic acids is 2. The van der Waals surface area contributed by atoms with Gasteiger partial charge in [0.2, 0.25) is 0 Å². The van der Waals surface area contributed by atoms with Crippen LogP contribution < -0.4 is 0 Å². The number of ether oxygens (including phenoxy) is 2. The Labute approximate surface area is 106 Å². The normalized spacial score (nSPS) is 21.2. The Bertz CT molecular complexity index is 519. The molecule has 0 bridgehead atoms. The van der Waals surface area contributed by atoms with E-state index in [-0.39, 0.29) is 0 Å². The molecule has 0 radical (unpaired) electrons. The Morgan fingerprint density at radius 1 is 1.28 bits per heavy atom. The van der Waals surface area contributed by atoms with E-state index in [1.807, 2.05) is 0 Å². The van der Waals surface area contributed by atoms with Crippen LogP contribution in [0, 0.1) is 23.7 Å². The number of aldehydes is 2. The number of hydrogen-bond donors (Lipinski definition) is 0. The maximum absolute atomic E-state index is 10.3. The van der Waals surface area contributed by atoms with E-state index in [0.29, 0.717) is 30.3 Å². The largest absolute Gasteiger partial charge is 0.496 e. The zero-order valence-corrected chi connectivity index (χ0v) is 10.1. The van der Waals surface area contributed by atoms with Crippen molar-refractivity contribution in [2.45, 2.75) is 12.0 Å². The quantitative estimate of drug-likeness (QED) is 0.528. The van der Waals surface area contributed by atoms with Gasteiger partial charge in [-0.1, -0.05) is 11.8 Å². The Hall–Kier alpha value is -2.30. The van der Waals surface area contributed by atoms with E-state index in [0.717, 1.165) is 0 Å². The Morgan fingerprint density at radius 2 is 2.00 bits per heavy atom. The minimum atomic E-state index is -0.907. The highest BCUT2D eigenvalue weighted by atomic mass is 16.5. The van der Waals surface area contributed by atoms with Crippen LogP contribution in [0.1, 0.15) is 6.42 Å². The summed E-state index contributed by atoms with van der Waals surface area (Å²) in [6.45, 7) is 0. The maximum Gasteiger partial charge on any atom is 0.193 e. The first-order valence-corrected chi connectivity index (χ1v) is 5.14. The highest BCUT2D eigenvalue weighted by Crippen LogP contribution is 2.29. The molecule has 0 saturated carbocycles. The van der Waals surface area contributed by atoms with Crippen molar-refractivity contribution in [2.75, 3.05) is 14.2 Å². The molecule has 1 aliphatic rings. The van der Waals surface area contributed by atoms with Crippen LogP contribution in [0.15, 0.2) is 23.5 Å². The molecular weight excluding hydrogens is 232 g/mol. The molecule has 0 aromatic heterocycles. The molecule has 0 spiro atoms. The minimum Gasteiger partial charge on any atom is -0.496 e. The lowest BCUT2D eigenvalue weighted by molar-refractivity contribution is -0.104. The first-order valence-electron chi connectivity index (χ1n) is 5.14. The molecule has 0 heterocycles. The predicted molar refractivity (Wildman–Crippen MR) is 65.2 cm³/mol. The lowest BCUT2D eigenvalue weighted by atomic mass is 9.89. The number of rotatable bonds is 2. The molecule has 4 heteroatoms. The van der Waals surface area contributed by atoms with Crippen molar-refractivity contribution in [1.82, 2.24) is 0 Å². The van der Waals surface area contributed by atoms with Crippen molar-refractivity contribution in [3.8, 4) is 23.7 Å². The summed E-state index contributed by atoms with van der Waals surface area (Å²) in [6.07, 6.45) is 4.70. The molecule has 0 aromatic rings. The summed E-state index contributed by atoms with van der Waals surface area (Å²) in [5, 5.41) is 0. The number of carbonyl (C=O) groups is 2. The van der Waals surface area contributed by atoms with Crippen LogP contribution in [-0.2, 0) is 19.1 Å². The van der Waals surface area contributed by atoms with Gasteiger partial charge in [0.15, 0.2) is 18.2 Å². The summed E-state index contributed by atoms with van der Waals surface area (Å²) in [5.41, 5.74) is -0.301. The van der Waals surface area contributed by atoms with Gasteiger partial charge in [-0.05, 0) is 24.0 Å². The zero-order chi connectivity index (χ0) is 13.4. The van der Waals surface area contributed by atoms with Crippen LogP contribution in [-0.4, -0.2) is 32.4 Å². The van der Waals surface area contributed by atoms with Crippen LogP contribution in [0.4, 0.5) is 0 Å². The van der Waals surface area contributed by atoms with Gasteiger partial charge in [0, 0.05) is 19.1 Å². The SMILES string of the molecule is COC1=C(C#CC=O)CC(C#CC=O)(OC)C=C1. The van der Waals surface area contributed by atoms with Crippen molar-refractivity contribution in [3.63, 3.8) is 0 Å². The van der Waals surface area contributed by atoms with Gasteiger partial charge in [0.05, 0.1) is 7.11 Å². The molecule has 0 N–H and O–H groups in total. The summed E-state index contributed by atoms with van der Waals surface area (Å²) in [4.78, 5) is 20.6. The molecule has 1 unspecified atom stereocenters. The van der Waals surface area contributed by atoms with Crippen molar-refractivity contribution in [3.05, 3.63) is 23.5 Å². The van der Waals surface area contributed by atoms with Gasteiger partial charge in [0.25, 0.3) is 0 Å². The lowest BCUT2D eigenvalue weighted by Crippen LogP contribution is -2.30. The van der Waals surface area contributed by atoms with E-state index in [9.17, 15) is 9.59 Å². The minimum absolute atomic E-state index is 0.324. The monoisotopic (exact) mass is 244 g/mol. The summed E-state index contributed by atoms with van der Waals surface area (Å²) >= 11 is 0. The predicted octanol–water partition coefficient (Wildman–Crippen LogP) is 0.637. The third kappa shape index (κ3) is 3.10. The van der Waals surface area contributed by atoms with Crippen LogP contribution in [0.2, 0.25) is 0 Å². The molecule has 0 aromatic carbocycles. The van der Waals surface area contributed by atoms with Gasteiger partial charge in [-0.25, -0.2) is 0 Å². The van der Waals surface area contributed by atoms with E-state index in [1.165, 1.54) is 14.2 Å². The van der Waals surface area contributed by atoms with Gasteiger partial charge in [-0.3, -0.25) is 9.59 Å². The number of hydrogen-bond acceptors (Lipinski definition) is 4. The fourth-order valence-corrected chi connectivity index (χ4v) is 1.56. The Morgan fingerprint density at radius 3 is 2.56 bits per heavy atom. The Kier molecular flexibility index (Phi) is 4.92. The van der Waals surface area contributed by atoms with Gasteiger partial charge in [-0.2, -0.15) is 0 Å². The number of allylic oxidation sites excluding steroid dienone is 1. The third-order valence-electron chi connectivity index (χ3n) is 2.45. The van der Waals surface area contributed by atoms with Crippen molar-refractivity contribution < 1.29 is 19.1 Å². The first kappa shape index (κ1) is 13.8. The molecule has 92 valence electrons. The molecule has 1 atom stereocenters. The van der Waals surface area contributed by atoms with Gasteiger partial charge >= 0.3 is 0 Å². The fraction of sp³-hybridized carbons (Fsp3) is 0.286. The standard InChI is InChI=1S/C14H12O4/c1-17-13-6-8-14(18-2,7-4-10-16)11-12(13)5-3-9-15/h6,8-10H,11H2,1-2H3. The average molecular weight is 244 g/mol. The summed E-state index contributed by atoms with van der Waals surface area (Å²) < 4.78 is 10.5. The van der Waals surface area contributed by atoms with E-state index in [1.54, 1.807) is 12.2 Å². The highest BCUT2D eigenvalue weighted by molar-refractivity contribution is 5.75. The fourth-order valence-electron chi connectivity index (χ4n) is 1.56. The van der Waals surface area contributed by atoms with Crippen molar-refractivity contribution >= 4 is 12.6 Å². The molecule has 1 rings (SSSR count). The van der Waals surface area contributed by atoms with E-state index >= 15 is 0 Å². The highest BCUT2D eigenvalue weighted by Gasteiger charge is 2.30. The Balaban J connectivity index is 3.15. The number of methoxy groups -OCH3 is 2. The maximum atomic E-state index is 10.3. The average Bonchev–Trinajstić information content (AvgIpc) is 2.43. The first-order chi connectivity index (χ1) is 8.71. The van der Waals surface area contributed by atoms with Crippen LogP contribution in [0.5, 0.6) is 0 Å². The summed E-state index contributed by atoms with van der Waals surface area (Å²) in [5.74, 6) is 10.6. The van der Waals surface area contributed by atoms with Crippen LogP contribution >= 0.6 is 0 Å². The van der Waals surface area contributed by atoms with E-state index in [2.05, 4.69) is 23.7 Å². The third-order valence-corrected chi connectivity index (χ3v) is 2.45. The molecular formula is C14H12O4. The topological polar surface area (TPSA) is 52.6 Å². The molecule has 18 heavy (non-hydrogen) atoms. The smallest absolute Gasteiger partial charge is 0.193 e. The van der Waals surface area contributed by atoms with Crippen molar-refractivity contribution in [1.29, 1.82) is 0 Å². The van der Waals surface area contributed by atoms with E-state index in [4.69, 9.17) is 9.47 Å². The molecule has 0 saturated heterocycles. The molecule has 0 amide bonds. The molecule has 1 aliphatic carbocycles. The summed E-state index contributed by atoms with van der Waals surface area (Å²) in [7, 11) is 3.01. The summed E-state index contributed by atoms with van der Waals surface area (Å²) in [6, 6.07) is 0. The van der Waals surface area contributed by atoms with Crippen molar-refractivity contribution in [2.24, 2.45) is 0 Å². The second-order valence-corrected chi connectivity index (χ2v) is 3.43. The lowest BCUT2D eigenvalue weighted by Gasteiger charge is -2.27. The van der Waals surface area contributed by atoms with Gasteiger partial charge < -0.3 is 9.47 Å². The van der Waals surface area contributed by atoms with Crippen LogP contribution in [0.3, 0.4) is 0 Å². The second-order valence-electron chi connectivity index (χ2n) is 3.43. The van der Waals surface area contributed by atoms with Crippen LogP contribution in [0.25, 0.3) is 0 Å². The second kappa shape index (κ2) is 6.44. The zero-order valence-electron chi connectivity index (χ0n) is 10.1. The van der Waals surface area contributed by atoms with E-state index < -0.39 is 5.60 Å². The van der Waals surface area contributed by atoms with Gasteiger partial charge in [-0.15, -0.1) is 0 Å². The molecule has 0 aliphatic heterocycles.